The van der Waals surface area contributed by atoms with Gasteiger partial charge in [0.1, 0.15) is 17.1 Å². The number of benzene rings is 4. The normalized spacial score (nSPS) is 13.7. The van der Waals surface area contributed by atoms with Gasteiger partial charge in [0.15, 0.2) is 0 Å². The Hall–Kier alpha value is -4.97. The standard InChI is InChI=1S/C33H33N2O5P.CO2/c1-21-16-23(3)30(38-5)26(17-21)27-18-22(2)19-28(33(37)39-6)31(27)40-41-34(4)29-15-11-10-14-25(29)32(36)35(41)20-24-12-8-7-9-13-24;2-1-3/h7-19H,20H2,1-6H3;. The monoisotopic (exact) mass is 612 g/mol. The zero-order chi connectivity index (χ0) is 32.0. The van der Waals surface area contributed by atoms with Crippen LogP contribution in [0.5, 0.6) is 11.5 Å². The molecular weight excluding hydrogens is 579 g/mol. The van der Waals surface area contributed by atoms with Gasteiger partial charge in [0.25, 0.3) is 5.91 Å². The summed E-state index contributed by atoms with van der Waals surface area (Å²) in [6, 6.07) is 25.1. The molecule has 1 unspecified atom stereocenters. The molecule has 5 rings (SSSR count). The van der Waals surface area contributed by atoms with Crippen LogP contribution in [-0.4, -0.2) is 44.0 Å². The third-order valence-corrected chi connectivity index (χ3v) is 8.89. The summed E-state index contributed by atoms with van der Waals surface area (Å²) in [5.41, 5.74) is 6.98. The molecule has 1 aliphatic rings. The summed E-state index contributed by atoms with van der Waals surface area (Å²) in [5, 5.41) is 0. The Morgan fingerprint density at radius 3 is 2.05 bits per heavy atom. The number of carbonyl (C=O) groups is 2. The summed E-state index contributed by atoms with van der Waals surface area (Å²) in [4.78, 5) is 43.4. The van der Waals surface area contributed by atoms with Crippen LogP contribution in [0.1, 0.15) is 43.0 Å². The van der Waals surface area contributed by atoms with Gasteiger partial charge >= 0.3 is 20.6 Å². The first-order chi connectivity index (χ1) is 21.1. The van der Waals surface area contributed by atoms with Gasteiger partial charge in [-0.15, -0.1) is 0 Å². The molecule has 0 aliphatic carbocycles. The van der Waals surface area contributed by atoms with E-state index in [1.165, 1.54) is 7.11 Å². The number of anilines is 1. The van der Waals surface area contributed by atoms with Gasteiger partial charge in [-0.2, -0.15) is 9.59 Å². The Balaban J connectivity index is 0.00000141. The Morgan fingerprint density at radius 2 is 1.41 bits per heavy atom. The lowest BCUT2D eigenvalue weighted by Crippen LogP contribution is -2.38. The molecule has 0 fully saturated rings. The van der Waals surface area contributed by atoms with Gasteiger partial charge in [0.05, 0.1) is 32.0 Å². The first kappa shape index (κ1) is 32.0. The molecule has 1 amide bonds. The van der Waals surface area contributed by atoms with Crippen LogP contribution in [0.4, 0.5) is 5.69 Å². The zero-order valence-electron chi connectivity index (χ0n) is 25.4. The van der Waals surface area contributed by atoms with Crippen molar-refractivity contribution in [1.29, 1.82) is 0 Å². The molecular formula is C34H33N2O7P. The zero-order valence-corrected chi connectivity index (χ0v) is 26.3. The van der Waals surface area contributed by atoms with Crippen molar-refractivity contribution >= 4 is 32.2 Å². The molecule has 1 atom stereocenters. The van der Waals surface area contributed by atoms with Crippen molar-refractivity contribution in [2.24, 2.45) is 0 Å². The second-order valence-electron chi connectivity index (χ2n) is 10.2. The molecule has 9 nitrogen and oxygen atoms in total. The van der Waals surface area contributed by atoms with Crippen LogP contribution in [0.25, 0.3) is 11.1 Å². The van der Waals surface area contributed by atoms with Crippen molar-refractivity contribution in [3.05, 3.63) is 112 Å². The Bertz CT molecular complexity index is 1720. The van der Waals surface area contributed by atoms with E-state index in [9.17, 15) is 9.59 Å². The number of methoxy groups -OCH3 is 2. The quantitative estimate of drug-likeness (QED) is 0.164. The number of carbonyl (C=O) groups excluding carboxylic acids is 4. The summed E-state index contributed by atoms with van der Waals surface area (Å²) in [6.45, 7) is 6.27. The molecule has 0 aromatic heterocycles. The van der Waals surface area contributed by atoms with Crippen molar-refractivity contribution in [3.63, 3.8) is 0 Å². The van der Waals surface area contributed by atoms with Crippen LogP contribution >= 0.6 is 8.45 Å². The molecule has 44 heavy (non-hydrogen) atoms. The molecule has 4 aromatic rings. The Labute approximate surface area is 257 Å². The van der Waals surface area contributed by atoms with E-state index in [1.807, 2.05) is 99.2 Å². The lowest BCUT2D eigenvalue weighted by molar-refractivity contribution is -0.191. The largest absolute Gasteiger partial charge is 0.496 e. The smallest absolute Gasteiger partial charge is 0.373 e. The van der Waals surface area contributed by atoms with E-state index in [0.29, 0.717) is 29.2 Å². The fraction of sp³-hybridized carbons (Fsp3) is 0.206. The first-order valence-corrected chi connectivity index (χ1v) is 14.9. The minimum atomic E-state index is -1.75. The van der Waals surface area contributed by atoms with Gasteiger partial charge in [-0.3, -0.25) is 9.46 Å². The van der Waals surface area contributed by atoms with Gasteiger partial charge in [-0.25, -0.2) is 4.79 Å². The summed E-state index contributed by atoms with van der Waals surface area (Å²) in [7, 11) is 3.16. The molecule has 10 heteroatoms. The SMILES string of the molecule is COC(=O)c1cc(C)cc(-c2cc(C)cc(C)c2OC)c1OP1N(Cc2ccccc2)C(=O)c2ccccc2N1C.O=C=O. The number of aryl methyl sites for hydroxylation is 3. The highest BCUT2D eigenvalue weighted by atomic mass is 31.2. The van der Waals surface area contributed by atoms with Gasteiger partial charge in [-0.1, -0.05) is 48.5 Å². The van der Waals surface area contributed by atoms with E-state index >= 15 is 0 Å². The number of esters is 1. The number of nitrogens with zero attached hydrogens (tertiary/aromatic N) is 2. The molecule has 0 radical (unpaired) electrons. The molecule has 1 aliphatic heterocycles. The average Bonchev–Trinajstić information content (AvgIpc) is 3.02. The number of para-hydroxylation sites is 1. The molecule has 0 saturated heterocycles. The number of hydrogen-bond donors (Lipinski definition) is 0. The molecule has 0 N–H and O–H groups in total. The van der Waals surface area contributed by atoms with E-state index < -0.39 is 14.4 Å². The highest BCUT2D eigenvalue weighted by Gasteiger charge is 2.40. The van der Waals surface area contributed by atoms with Gasteiger partial charge in [0, 0.05) is 18.2 Å². The number of ether oxygens (including phenoxy) is 2. The highest BCUT2D eigenvalue weighted by Crippen LogP contribution is 2.56. The van der Waals surface area contributed by atoms with Gasteiger partial charge < -0.3 is 18.7 Å². The number of hydrogen-bond acceptors (Lipinski definition) is 8. The van der Waals surface area contributed by atoms with E-state index in [2.05, 4.69) is 6.07 Å². The van der Waals surface area contributed by atoms with Crippen molar-refractivity contribution in [2.75, 3.05) is 25.9 Å². The molecule has 0 saturated carbocycles. The minimum Gasteiger partial charge on any atom is -0.496 e. The van der Waals surface area contributed by atoms with Crippen LogP contribution in [0.3, 0.4) is 0 Å². The maximum Gasteiger partial charge on any atom is 0.373 e. The van der Waals surface area contributed by atoms with Crippen LogP contribution in [0.2, 0.25) is 0 Å². The van der Waals surface area contributed by atoms with Crippen molar-refractivity contribution in [1.82, 2.24) is 4.67 Å². The lowest BCUT2D eigenvalue weighted by Gasteiger charge is -2.41. The topological polar surface area (TPSA) is 102 Å². The number of fused-ring (bicyclic) bond motifs is 1. The highest BCUT2D eigenvalue weighted by molar-refractivity contribution is 7.53. The van der Waals surface area contributed by atoms with E-state index in [4.69, 9.17) is 23.6 Å². The summed E-state index contributed by atoms with van der Waals surface area (Å²) in [5.74, 6) is 0.373. The van der Waals surface area contributed by atoms with E-state index in [-0.39, 0.29) is 17.6 Å². The first-order valence-electron chi connectivity index (χ1n) is 13.7. The van der Waals surface area contributed by atoms with Crippen LogP contribution in [0, 0.1) is 20.8 Å². The lowest BCUT2D eigenvalue weighted by atomic mass is 9.95. The number of amides is 1. The third-order valence-electron chi connectivity index (χ3n) is 7.08. The van der Waals surface area contributed by atoms with E-state index in [0.717, 1.165) is 33.5 Å². The van der Waals surface area contributed by atoms with Crippen molar-refractivity contribution in [3.8, 4) is 22.6 Å². The maximum atomic E-state index is 14.0. The molecule has 0 bridgehead atoms. The third kappa shape index (κ3) is 6.50. The maximum absolute atomic E-state index is 14.0. The second kappa shape index (κ2) is 14.0. The fourth-order valence-electron chi connectivity index (χ4n) is 5.25. The van der Waals surface area contributed by atoms with Crippen molar-refractivity contribution < 1.29 is 33.2 Å². The fourth-order valence-corrected chi connectivity index (χ4v) is 7.06. The van der Waals surface area contributed by atoms with Gasteiger partial charge in [-0.05, 0) is 73.4 Å². The van der Waals surface area contributed by atoms with Crippen LogP contribution < -0.4 is 13.9 Å². The summed E-state index contributed by atoms with van der Waals surface area (Å²) >= 11 is 0. The Morgan fingerprint density at radius 1 is 0.818 bits per heavy atom. The molecule has 4 aromatic carbocycles. The average molecular weight is 613 g/mol. The summed E-state index contributed by atoms with van der Waals surface area (Å²) < 4.78 is 21.7. The molecule has 1 heterocycles. The molecule has 226 valence electrons. The Kier molecular flexibility index (Phi) is 10.2. The summed E-state index contributed by atoms with van der Waals surface area (Å²) in [6.07, 6.45) is 0.250. The van der Waals surface area contributed by atoms with Gasteiger partial charge in [0.2, 0.25) is 0 Å². The minimum absolute atomic E-state index is 0.133. The predicted molar refractivity (Wildman–Crippen MR) is 168 cm³/mol. The van der Waals surface area contributed by atoms with Crippen molar-refractivity contribution in [2.45, 2.75) is 27.3 Å². The van der Waals surface area contributed by atoms with E-state index in [1.54, 1.807) is 17.8 Å². The van der Waals surface area contributed by atoms with Crippen LogP contribution in [0.15, 0.2) is 78.9 Å². The predicted octanol–water partition coefficient (Wildman–Crippen LogP) is 6.89. The number of rotatable bonds is 7. The molecule has 0 spiro atoms. The van der Waals surface area contributed by atoms with Crippen LogP contribution in [-0.2, 0) is 20.9 Å². The second-order valence-corrected chi connectivity index (χ2v) is 11.9.